The lowest BCUT2D eigenvalue weighted by atomic mass is 9.66. The van der Waals surface area contributed by atoms with E-state index in [2.05, 4.69) is 13.8 Å². The molecule has 4 rings (SSSR count). The van der Waals surface area contributed by atoms with Gasteiger partial charge < -0.3 is 8.85 Å². The minimum atomic E-state index is -1.37. The summed E-state index contributed by atoms with van der Waals surface area (Å²) in [6, 6.07) is 1.24. The van der Waals surface area contributed by atoms with Crippen molar-refractivity contribution < 1.29 is 8.85 Å². The molecule has 0 amide bonds. The lowest BCUT2D eigenvalue weighted by Crippen LogP contribution is -2.32. The Morgan fingerprint density at radius 1 is 0.833 bits per heavy atom. The SMILES string of the molecule is CCO[SiH](CCCC1C2CCC(C2)C1C1CC2CCC1C2)OCC. The largest absolute Gasteiger partial charge is 0.397 e. The van der Waals surface area contributed by atoms with Gasteiger partial charge in [-0.3, -0.25) is 0 Å². The second-order valence-electron chi connectivity index (χ2n) is 9.18. The van der Waals surface area contributed by atoms with Crippen molar-refractivity contribution in [1.82, 2.24) is 0 Å². The molecule has 0 radical (unpaired) electrons. The fourth-order valence-corrected chi connectivity index (χ4v) is 9.16. The molecule has 7 atom stereocenters. The van der Waals surface area contributed by atoms with E-state index in [9.17, 15) is 0 Å². The molecule has 4 aliphatic rings. The topological polar surface area (TPSA) is 18.5 Å². The van der Waals surface area contributed by atoms with Crippen LogP contribution >= 0.6 is 0 Å². The van der Waals surface area contributed by atoms with Gasteiger partial charge in [-0.15, -0.1) is 0 Å². The van der Waals surface area contributed by atoms with Gasteiger partial charge in [0.05, 0.1) is 0 Å². The van der Waals surface area contributed by atoms with Crippen LogP contribution in [-0.4, -0.2) is 22.5 Å². The Bertz CT molecular complexity index is 409. The molecule has 0 aromatic heterocycles. The van der Waals surface area contributed by atoms with Crippen LogP contribution in [0.3, 0.4) is 0 Å². The second kappa shape index (κ2) is 7.80. The summed E-state index contributed by atoms with van der Waals surface area (Å²) in [6.45, 7) is 5.89. The van der Waals surface area contributed by atoms with Crippen LogP contribution in [0.5, 0.6) is 0 Å². The Hall–Kier alpha value is 0.137. The van der Waals surface area contributed by atoms with Gasteiger partial charge >= 0.3 is 9.28 Å². The summed E-state index contributed by atoms with van der Waals surface area (Å²) in [5.74, 6) is 7.72. The highest BCUT2D eigenvalue weighted by atomic mass is 28.3. The predicted molar refractivity (Wildman–Crippen MR) is 101 cm³/mol. The van der Waals surface area contributed by atoms with Gasteiger partial charge in [0.25, 0.3) is 0 Å². The number of hydrogen-bond acceptors (Lipinski definition) is 2. The van der Waals surface area contributed by atoms with E-state index in [1.807, 2.05) is 0 Å². The Morgan fingerprint density at radius 2 is 1.58 bits per heavy atom. The molecule has 7 unspecified atom stereocenters. The van der Waals surface area contributed by atoms with Gasteiger partial charge in [0.15, 0.2) is 0 Å². The average Bonchev–Trinajstić information content (AvgIpc) is 3.35. The Kier molecular flexibility index (Phi) is 5.70. The van der Waals surface area contributed by atoms with Crippen molar-refractivity contribution >= 4 is 9.28 Å². The van der Waals surface area contributed by atoms with E-state index in [0.717, 1.165) is 54.6 Å². The Labute approximate surface area is 150 Å². The molecule has 0 heterocycles. The Morgan fingerprint density at radius 3 is 2.25 bits per heavy atom. The fraction of sp³-hybridized carbons (Fsp3) is 1.00. The van der Waals surface area contributed by atoms with Crippen molar-refractivity contribution in [2.24, 2.45) is 41.4 Å². The number of rotatable bonds is 9. The molecule has 138 valence electrons. The minimum absolute atomic E-state index is 0.832. The first-order valence-corrected chi connectivity index (χ1v) is 12.8. The quantitative estimate of drug-likeness (QED) is 0.535. The maximum Gasteiger partial charge on any atom is 0.321 e. The van der Waals surface area contributed by atoms with Crippen LogP contribution in [0.25, 0.3) is 0 Å². The highest BCUT2D eigenvalue weighted by Crippen LogP contribution is 2.62. The van der Waals surface area contributed by atoms with Gasteiger partial charge in [-0.25, -0.2) is 0 Å². The molecule has 4 bridgehead atoms. The number of fused-ring (bicyclic) bond motifs is 4. The van der Waals surface area contributed by atoms with Crippen LogP contribution in [0, 0.1) is 41.4 Å². The van der Waals surface area contributed by atoms with E-state index in [0.29, 0.717) is 0 Å². The first kappa shape index (κ1) is 17.5. The second-order valence-corrected chi connectivity index (χ2v) is 11.3. The Balaban J connectivity index is 1.33. The van der Waals surface area contributed by atoms with Crippen molar-refractivity contribution in [1.29, 1.82) is 0 Å². The van der Waals surface area contributed by atoms with E-state index in [4.69, 9.17) is 8.85 Å². The van der Waals surface area contributed by atoms with Crippen LogP contribution in [0.1, 0.15) is 71.6 Å². The maximum absolute atomic E-state index is 5.89. The molecule has 4 saturated carbocycles. The zero-order valence-corrected chi connectivity index (χ0v) is 17.1. The van der Waals surface area contributed by atoms with Crippen LogP contribution in [-0.2, 0) is 8.85 Å². The van der Waals surface area contributed by atoms with Gasteiger partial charge in [-0.2, -0.15) is 0 Å². The fourth-order valence-electron chi connectivity index (χ4n) is 7.42. The third-order valence-electron chi connectivity index (χ3n) is 8.13. The summed E-state index contributed by atoms with van der Waals surface area (Å²) < 4.78 is 11.8. The first-order chi connectivity index (χ1) is 11.8. The highest BCUT2D eigenvalue weighted by molar-refractivity contribution is 6.44. The molecule has 0 spiro atoms. The van der Waals surface area contributed by atoms with Crippen molar-refractivity contribution in [3.05, 3.63) is 0 Å². The molecule has 24 heavy (non-hydrogen) atoms. The lowest BCUT2D eigenvalue weighted by Gasteiger charge is -2.39. The van der Waals surface area contributed by atoms with E-state index < -0.39 is 9.28 Å². The van der Waals surface area contributed by atoms with Crippen LogP contribution in [0.15, 0.2) is 0 Å². The zero-order chi connectivity index (χ0) is 16.5. The van der Waals surface area contributed by atoms with Crippen molar-refractivity contribution in [3.63, 3.8) is 0 Å². The third-order valence-corrected chi connectivity index (χ3v) is 10.4. The third kappa shape index (κ3) is 3.37. The molecule has 0 aromatic carbocycles. The van der Waals surface area contributed by atoms with Crippen LogP contribution in [0.2, 0.25) is 6.04 Å². The predicted octanol–water partition coefficient (Wildman–Crippen LogP) is 5.16. The number of hydrogen-bond donors (Lipinski definition) is 0. The van der Waals surface area contributed by atoms with Crippen molar-refractivity contribution in [3.8, 4) is 0 Å². The molecular weight excluding hydrogens is 312 g/mol. The molecule has 0 aliphatic heterocycles. The molecule has 4 fully saturated rings. The van der Waals surface area contributed by atoms with Gasteiger partial charge in [-0.1, -0.05) is 19.3 Å². The summed E-state index contributed by atoms with van der Waals surface area (Å²) in [5.41, 5.74) is 0. The van der Waals surface area contributed by atoms with Gasteiger partial charge in [0.1, 0.15) is 0 Å². The van der Waals surface area contributed by atoms with E-state index >= 15 is 0 Å². The summed E-state index contributed by atoms with van der Waals surface area (Å²) in [4.78, 5) is 0. The first-order valence-electron chi connectivity index (χ1n) is 11.0. The molecule has 3 heteroatoms. The molecule has 4 aliphatic carbocycles. The molecule has 0 saturated heterocycles. The monoisotopic (exact) mass is 350 g/mol. The summed E-state index contributed by atoms with van der Waals surface area (Å²) in [7, 11) is -1.37. The minimum Gasteiger partial charge on any atom is -0.397 e. The van der Waals surface area contributed by atoms with Gasteiger partial charge in [0, 0.05) is 13.2 Å². The van der Waals surface area contributed by atoms with Crippen LogP contribution < -0.4 is 0 Å². The summed E-state index contributed by atoms with van der Waals surface area (Å²) >= 11 is 0. The van der Waals surface area contributed by atoms with E-state index in [-0.39, 0.29) is 0 Å². The molecular formula is C21H38O2Si. The molecule has 2 nitrogen and oxygen atoms in total. The van der Waals surface area contributed by atoms with Gasteiger partial charge in [0.2, 0.25) is 0 Å². The molecule has 0 N–H and O–H groups in total. The smallest absolute Gasteiger partial charge is 0.321 e. The summed E-state index contributed by atoms with van der Waals surface area (Å²) in [5, 5.41) is 0. The summed E-state index contributed by atoms with van der Waals surface area (Å²) in [6.07, 6.45) is 13.9. The maximum atomic E-state index is 5.89. The lowest BCUT2D eigenvalue weighted by molar-refractivity contribution is 0.0985. The average molecular weight is 351 g/mol. The van der Waals surface area contributed by atoms with Crippen molar-refractivity contribution in [2.75, 3.05) is 13.2 Å². The van der Waals surface area contributed by atoms with Crippen molar-refractivity contribution in [2.45, 2.75) is 77.7 Å². The van der Waals surface area contributed by atoms with Gasteiger partial charge in [-0.05, 0) is 99.8 Å². The zero-order valence-electron chi connectivity index (χ0n) is 15.9. The normalized spacial score (nSPS) is 43.4. The van der Waals surface area contributed by atoms with E-state index in [1.54, 1.807) is 44.9 Å². The molecule has 0 aromatic rings. The standard InChI is InChI=1S/C21H38O2Si/c1-3-22-24(23-4-2)11-5-6-19-17-9-10-18(14-17)21(19)20-13-15-7-8-16(20)12-15/h15-21,24H,3-14H2,1-2H3. The van der Waals surface area contributed by atoms with E-state index in [1.165, 1.54) is 18.9 Å². The highest BCUT2D eigenvalue weighted by Gasteiger charge is 2.54. The van der Waals surface area contributed by atoms with Crippen LogP contribution in [0.4, 0.5) is 0 Å².